The highest BCUT2D eigenvalue weighted by atomic mass is 35.5. The first kappa shape index (κ1) is 12.3. The van der Waals surface area contributed by atoms with Crippen LogP contribution in [0.4, 0.5) is 0 Å². The zero-order valence-corrected chi connectivity index (χ0v) is 11.4. The average molecular weight is 261 g/mol. The topological polar surface area (TPSA) is 27.1 Å². The fourth-order valence-electron chi connectivity index (χ4n) is 1.96. The van der Waals surface area contributed by atoms with E-state index in [0.29, 0.717) is 11.4 Å². The fourth-order valence-corrected chi connectivity index (χ4v) is 3.62. The lowest BCUT2D eigenvalue weighted by Crippen LogP contribution is -2.13. The average Bonchev–Trinajstić information content (AvgIpc) is 2.72. The van der Waals surface area contributed by atoms with Gasteiger partial charge in [-0.2, -0.15) is 16.9 Å². The van der Waals surface area contributed by atoms with E-state index in [4.69, 9.17) is 16.3 Å². The number of halogens is 1. The fraction of sp³-hybridized carbons (Fsp3) is 0.727. The second-order valence-electron chi connectivity index (χ2n) is 4.19. The number of aromatic nitrogens is 2. The monoisotopic (exact) mass is 260 g/mol. The highest BCUT2D eigenvalue weighted by Crippen LogP contribution is 2.31. The largest absolute Gasteiger partial charge is 0.377 e. The molecule has 1 aromatic heterocycles. The molecule has 1 fully saturated rings. The Hall–Kier alpha value is -0.190. The van der Waals surface area contributed by atoms with Crippen molar-refractivity contribution in [2.75, 3.05) is 6.61 Å². The Morgan fingerprint density at radius 1 is 1.62 bits per heavy atom. The molecule has 1 saturated heterocycles. The molecule has 2 heterocycles. The van der Waals surface area contributed by atoms with Gasteiger partial charge < -0.3 is 4.74 Å². The molecule has 0 N–H and O–H groups in total. The summed E-state index contributed by atoms with van der Waals surface area (Å²) in [6.07, 6.45) is 1.50. The van der Waals surface area contributed by atoms with Crippen LogP contribution in [0.15, 0.2) is 0 Å². The molecule has 0 aromatic carbocycles. The van der Waals surface area contributed by atoms with E-state index >= 15 is 0 Å². The molecule has 90 valence electrons. The van der Waals surface area contributed by atoms with Crippen molar-refractivity contribution < 1.29 is 4.74 Å². The molecule has 1 aliphatic heterocycles. The molecule has 0 saturated carbocycles. The maximum Gasteiger partial charge on any atom is 0.131 e. The highest BCUT2D eigenvalue weighted by molar-refractivity contribution is 7.99. The zero-order chi connectivity index (χ0) is 11.7. The lowest BCUT2D eigenvalue weighted by Gasteiger charge is -2.13. The highest BCUT2D eigenvalue weighted by Gasteiger charge is 2.25. The summed E-state index contributed by atoms with van der Waals surface area (Å²) in [5.41, 5.74) is 2.19. The van der Waals surface area contributed by atoms with Crippen molar-refractivity contribution in [1.82, 2.24) is 9.78 Å². The minimum atomic E-state index is 0.362. The molecule has 2 rings (SSSR count). The van der Waals surface area contributed by atoms with Crippen LogP contribution in [-0.4, -0.2) is 27.7 Å². The molecule has 1 aliphatic rings. The summed E-state index contributed by atoms with van der Waals surface area (Å²) in [5.74, 6) is 0.927. The van der Waals surface area contributed by atoms with Crippen LogP contribution in [0.2, 0.25) is 5.15 Å². The number of hydrogen-bond acceptors (Lipinski definition) is 3. The molecule has 2 unspecified atom stereocenters. The van der Waals surface area contributed by atoms with Gasteiger partial charge in [0.25, 0.3) is 0 Å². The van der Waals surface area contributed by atoms with Crippen molar-refractivity contribution in [3.05, 3.63) is 16.4 Å². The van der Waals surface area contributed by atoms with Crippen LogP contribution in [0, 0.1) is 6.92 Å². The molecule has 2 atom stereocenters. The molecule has 5 heteroatoms. The van der Waals surface area contributed by atoms with Gasteiger partial charge in [-0.3, -0.25) is 4.68 Å². The van der Waals surface area contributed by atoms with Gasteiger partial charge in [-0.05, 0) is 20.3 Å². The van der Waals surface area contributed by atoms with Crippen molar-refractivity contribution in [3.63, 3.8) is 0 Å². The second kappa shape index (κ2) is 4.98. The van der Waals surface area contributed by atoms with Crippen molar-refractivity contribution in [3.8, 4) is 0 Å². The molecule has 3 nitrogen and oxygen atoms in total. The Balaban J connectivity index is 1.99. The zero-order valence-electron chi connectivity index (χ0n) is 9.86. The lowest BCUT2D eigenvalue weighted by atomic mass is 10.3. The molecule has 16 heavy (non-hydrogen) atoms. The molecular weight excluding hydrogens is 244 g/mol. The summed E-state index contributed by atoms with van der Waals surface area (Å²) in [6.45, 7) is 5.04. The minimum Gasteiger partial charge on any atom is -0.377 e. The van der Waals surface area contributed by atoms with Gasteiger partial charge in [0.05, 0.1) is 11.8 Å². The van der Waals surface area contributed by atoms with Gasteiger partial charge in [0.2, 0.25) is 0 Å². The smallest absolute Gasteiger partial charge is 0.131 e. The van der Waals surface area contributed by atoms with Crippen molar-refractivity contribution in [2.24, 2.45) is 7.05 Å². The summed E-state index contributed by atoms with van der Waals surface area (Å²) in [4.78, 5) is 0. The third-order valence-corrected chi connectivity index (χ3v) is 4.99. The summed E-state index contributed by atoms with van der Waals surface area (Å²) in [7, 11) is 1.88. The van der Waals surface area contributed by atoms with Crippen LogP contribution in [0.3, 0.4) is 0 Å². The maximum absolute atomic E-state index is 6.19. The van der Waals surface area contributed by atoms with Crippen LogP contribution in [0.1, 0.15) is 24.6 Å². The van der Waals surface area contributed by atoms with E-state index in [1.807, 2.05) is 25.7 Å². The Morgan fingerprint density at radius 2 is 2.38 bits per heavy atom. The van der Waals surface area contributed by atoms with E-state index in [-0.39, 0.29) is 0 Å². The van der Waals surface area contributed by atoms with E-state index < -0.39 is 0 Å². The Labute approximate surface area is 105 Å². The van der Waals surface area contributed by atoms with Crippen LogP contribution in [0.25, 0.3) is 0 Å². The number of thioether (sulfide) groups is 1. The number of hydrogen-bond donors (Lipinski definition) is 0. The van der Waals surface area contributed by atoms with Gasteiger partial charge in [-0.1, -0.05) is 11.6 Å². The summed E-state index contributed by atoms with van der Waals surface area (Å²) in [6, 6.07) is 0. The molecule has 0 radical (unpaired) electrons. The molecular formula is C11H17ClN2OS. The first-order valence-corrected chi connectivity index (χ1v) is 6.93. The van der Waals surface area contributed by atoms with Gasteiger partial charge in [-0.15, -0.1) is 0 Å². The summed E-state index contributed by atoms with van der Waals surface area (Å²) in [5, 5.41) is 5.67. The summed E-state index contributed by atoms with van der Waals surface area (Å²) < 4.78 is 7.28. The van der Waals surface area contributed by atoms with Gasteiger partial charge in [0.15, 0.2) is 0 Å². The van der Waals surface area contributed by atoms with E-state index in [1.165, 1.54) is 0 Å². The first-order chi connectivity index (χ1) is 7.59. The predicted molar refractivity (Wildman–Crippen MR) is 68.1 cm³/mol. The van der Waals surface area contributed by atoms with E-state index in [1.54, 1.807) is 4.68 Å². The normalized spacial score (nSPS) is 25.2. The minimum absolute atomic E-state index is 0.362. The van der Waals surface area contributed by atoms with Gasteiger partial charge >= 0.3 is 0 Å². The van der Waals surface area contributed by atoms with Crippen LogP contribution in [-0.2, 0) is 17.5 Å². The van der Waals surface area contributed by atoms with Gasteiger partial charge in [0.1, 0.15) is 5.15 Å². The van der Waals surface area contributed by atoms with E-state index in [9.17, 15) is 0 Å². The molecule has 0 amide bonds. The van der Waals surface area contributed by atoms with E-state index in [0.717, 1.165) is 35.2 Å². The van der Waals surface area contributed by atoms with Crippen LogP contribution in [0.5, 0.6) is 0 Å². The summed E-state index contributed by atoms with van der Waals surface area (Å²) >= 11 is 8.12. The van der Waals surface area contributed by atoms with Crippen LogP contribution >= 0.6 is 23.4 Å². The molecule has 0 spiro atoms. The number of ether oxygens (including phenoxy) is 1. The number of nitrogens with zero attached hydrogens (tertiary/aromatic N) is 2. The standard InChI is InChI=1S/C11H17ClN2OS/c1-7-9(11(12)14(3)13-7)6-16-10-4-5-15-8(10)2/h8,10H,4-6H2,1-3H3. The molecule has 1 aromatic rings. The van der Waals surface area contributed by atoms with Crippen molar-refractivity contribution >= 4 is 23.4 Å². The third-order valence-electron chi connectivity index (χ3n) is 3.02. The van der Waals surface area contributed by atoms with E-state index in [2.05, 4.69) is 12.0 Å². The second-order valence-corrected chi connectivity index (χ2v) is 5.78. The Bertz CT molecular complexity index is 380. The Morgan fingerprint density at radius 3 is 2.88 bits per heavy atom. The first-order valence-electron chi connectivity index (χ1n) is 5.50. The molecule has 0 bridgehead atoms. The number of rotatable bonds is 3. The number of aryl methyl sites for hydroxylation is 2. The van der Waals surface area contributed by atoms with Gasteiger partial charge in [0, 0.05) is 30.2 Å². The lowest BCUT2D eigenvalue weighted by molar-refractivity contribution is 0.127. The van der Waals surface area contributed by atoms with Crippen molar-refractivity contribution in [1.29, 1.82) is 0 Å². The Kier molecular flexibility index (Phi) is 3.82. The van der Waals surface area contributed by atoms with Crippen molar-refractivity contribution in [2.45, 2.75) is 37.4 Å². The SMILES string of the molecule is Cc1nn(C)c(Cl)c1CSC1CCOC1C. The van der Waals surface area contributed by atoms with Crippen LogP contribution < -0.4 is 0 Å². The predicted octanol–water partition coefficient (Wildman–Crippen LogP) is 2.79. The molecule has 0 aliphatic carbocycles. The third kappa shape index (κ3) is 2.39. The van der Waals surface area contributed by atoms with Gasteiger partial charge in [-0.25, -0.2) is 0 Å². The quantitative estimate of drug-likeness (QED) is 0.836. The maximum atomic E-state index is 6.19.